The van der Waals surface area contributed by atoms with Gasteiger partial charge in [0.2, 0.25) is 5.91 Å². The Morgan fingerprint density at radius 2 is 0.951 bits per heavy atom. The molecule has 10 rings (SSSR count). The minimum Gasteiger partial charge on any atom is -0.494 e. The van der Waals surface area contributed by atoms with E-state index in [1.54, 1.807) is 37.2 Å². The Morgan fingerprint density at radius 1 is 0.525 bits per heavy atom. The van der Waals surface area contributed by atoms with Crippen LogP contribution in [0, 0.1) is 0 Å². The summed E-state index contributed by atoms with van der Waals surface area (Å²) in [7, 11) is 0. The molecule has 1 amide bonds. The molecule has 2 aliphatic heterocycles. The van der Waals surface area contributed by atoms with Gasteiger partial charge in [-0.2, -0.15) is 0 Å². The summed E-state index contributed by atoms with van der Waals surface area (Å²) in [4.78, 5) is 46.5. The number of pyridine rings is 3. The van der Waals surface area contributed by atoms with Crippen molar-refractivity contribution in [2.24, 2.45) is 0 Å². The number of aromatic amines is 3. The first-order valence-electron chi connectivity index (χ1n) is 20.1. The molecule has 0 atom stereocenters. The minimum absolute atomic E-state index is 0.00919. The fraction of sp³-hybridized carbons (Fsp3) is 0.0800. The minimum atomic E-state index is -0.00919. The molecule has 0 unspecified atom stereocenters. The zero-order valence-electron chi connectivity index (χ0n) is 33.0. The topological polar surface area (TPSA) is 150 Å². The standard InChI is InChI=1S/C50H39N9O2/c60-46(30-32-14-22-54-31-32)55-21-1-29-61-37-4-2-33(3-5-37)47-38-6-8-40(56-38)48(34-15-23-51-24-16-34)42-10-12-44(58-42)50(36-19-27-53-28-20-36)45-13-11-43(59-45)49(35-17-25-52-26-18-35)41-9-7-39(47)57-41/h2-20,22-28,31,54,56,59H,1,21,29-30H2,(H,55,60). The van der Waals surface area contributed by atoms with Gasteiger partial charge in [0.25, 0.3) is 0 Å². The number of aromatic nitrogens is 8. The lowest BCUT2D eigenvalue weighted by Crippen LogP contribution is -2.26. The van der Waals surface area contributed by atoms with Crippen molar-refractivity contribution in [3.8, 4) is 50.3 Å². The second-order valence-electron chi connectivity index (χ2n) is 14.7. The fourth-order valence-electron chi connectivity index (χ4n) is 7.90. The molecule has 0 spiro atoms. The van der Waals surface area contributed by atoms with Crippen LogP contribution in [0.25, 0.3) is 90.9 Å². The molecule has 0 saturated carbocycles. The van der Waals surface area contributed by atoms with Gasteiger partial charge in [-0.25, -0.2) is 9.97 Å². The van der Waals surface area contributed by atoms with E-state index in [-0.39, 0.29) is 5.91 Å². The van der Waals surface area contributed by atoms with Crippen LogP contribution in [0.2, 0.25) is 0 Å². The molecule has 61 heavy (non-hydrogen) atoms. The van der Waals surface area contributed by atoms with Crippen LogP contribution >= 0.6 is 0 Å². The molecule has 9 heterocycles. The highest BCUT2D eigenvalue weighted by Crippen LogP contribution is 2.38. The van der Waals surface area contributed by atoms with Crippen molar-refractivity contribution in [3.05, 3.63) is 169 Å². The Bertz CT molecular complexity index is 3040. The van der Waals surface area contributed by atoms with Gasteiger partial charge in [-0.1, -0.05) is 12.1 Å². The number of benzene rings is 1. The Balaban J connectivity index is 1.12. The first-order valence-corrected chi connectivity index (χ1v) is 20.1. The zero-order chi connectivity index (χ0) is 41.0. The molecular weight excluding hydrogens is 759 g/mol. The summed E-state index contributed by atoms with van der Waals surface area (Å²) in [6, 6.07) is 30.5. The number of hydrogen-bond acceptors (Lipinski definition) is 7. The Kier molecular flexibility index (Phi) is 10.1. The van der Waals surface area contributed by atoms with Crippen molar-refractivity contribution in [2.75, 3.05) is 13.2 Å². The smallest absolute Gasteiger partial charge is 0.224 e. The Morgan fingerprint density at radius 3 is 1.36 bits per heavy atom. The predicted octanol–water partition coefficient (Wildman–Crippen LogP) is 9.96. The first kappa shape index (κ1) is 37.1. The van der Waals surface area contributed by atoms with Crippen LogP contribution in [-0.2, 0) is 11.2 Å². The van der Waals surface area contributed by atoms with Crippen LogP contribution in [0.5, 0.6) is 5.75 Å². The number of nitrogens with zero attached hydrogens (tertiary/aromatic N) is 5. The Hall–Kier alpha value is -8.18. The van der Waals surface area contributed by atoms with E-state index in [0.717, 1.165) is 101 Å². The number of carbonyl (C=O) groups excluding carboxylic acids is 1. The number of nitrogens with one attached hydrogen (secondary N) is 4. The second-order valence-corrected chi connectivity index (χ2v) is 14.7. The molecule has 8 bridgehead atoms. The van der Waals surface area contributed by atoms with Crippen LogP contribution in [0.4, 0.5) is 0 Å². The molecule has 2 aliphatic rings. The van der Waals surface area contributed by atoms with Crippen LogP contribution in [0.1, 0.15) is 34.8 Å². The summed E-state index contributed by atoms with van der Waals surface area (Å²) < 4.78 is 6.12. The maximum absolute atomic E-state index is 12.3. The van der Waals surface area contributed by atoms with Gasteiger partial charge in [0.15, 0.2) is 0 Å². The van der Waals surface area contributed by atoms with Gasteiger partial charge in [0.1, 0.15) is 5.75 Å². The zero-order valence-corrected chi connectivity index (χ0v) is 33.0. The molecule has 296 valence electrons. The number of H-pyrrole nitrogens is 3. The molecule has 1 aromatic carbocycles. The summed E-state index contributed by atoms with van der Waals surface area (Å²) in [6.45, 7) is 1.00. The van der Waals surface area contributed by atoms with Crippen molar-refractivity contribution in [1.29, 1.82) is 0 Å². The third-order valence-corrected chi connectivity index (χ3v) is 10.7. The first-order chi connectivity index (χ1) is 30.1. The number of amides is 1. The summed E-state index contributed by atoms with van der Waals surface area (Å²) in [5, 5.41) is 2.97. The van der Waals surface area contributed by atoms with Crippen LogP contribution < -0.4 is 10.1 Å². The van der Waals surface area contributed by atoms with Gasteiger partial charge in [0.05, 0.1) is 35.8 Å². The Labute approximate surface area is 351 Å². The third kappa shape index (κ3) is 7.75. The maximum Gasteiger partial charge on any atom is 0.224 e. The van der Waals surface area contributed by atoms with Gasteiger partial charge in [-0.05, 0) is 137 Å². The van der Waals surface area contributed by atoms with Gasteiger partial charge in [-0.3, -0.25) is 19.7 Å². The quantitative estimate of drug-likeness (QED) is 0.0952. The normalized spacial score (nSPS) is 11.8. The molecule has 0 fully saturated rings. The van der Waals surface area contributed by atoms with E-state index in [2.05, 4.69) is 95.9 Å². The van der Waals surface area contributed by atoms with Crippen LogP contribution in [-0.4, -0.2) is 58.9 Å². The van der Waals surface area contributed by atoms with Crippen molar-refractivity contribution in [2.45, 2.75) is 12.8 Å². The maximum atomic E-state index is 12.3. The molecule has 8 aromatic rings. The highest BCUT2D eigenvalue weighted by molar-refractivity contribution is 5.99. The molecule has 7 aromatic heterocycles. The SMILES string of the molecule is O=C(Cc1cc[nH]c1)NCCCOc1ccc(-c2c3nc(c(-c4ccncc4)c4ccc([nH]4)c(-c4ccncc4)c4nc(c(-c5ccncc5)c5ccc2[nH]5)C=C4)C=C3)cc1. The van der Waals surface area contributed by atoms with Crippen LogP contribution in [0.3, 0.4) is 0 Å². The third-order valence-electron chi connectivity index (χ3n) is 10.7. The average molecular weight is 798 g/mol. The van der Waals surface area contributed by atoms with E-state index in [1.165, 1.54) is 0 Å². The van der Waals surface area contributed by atoms with Crippen molar-refractivity contribution < 1.29 is 9.53 Å². The number of ether oxygens (including phenoxy) is 1. The summed E-state index contributed by atoms with van der Waals surface area (Å²) in [5.74, 6) is 0.731. The predicted molar refractivity (Wildman–Crippen MR) is 242 cm³/mol. The summed E-state index contributed by atoms with van der Waals surface area (Å²) in [6.07, 6.45) is 23.8. The number of hydrogen-bond donors (Lipinski definition) is 4. The van der Waals surface area contributed by atoms with Crippen LogP contribution in [0.15, 0.2) is 141 Å². The van der Waals surface area contributed by atoms with E-state index in [1.807, 2.05) is 67.0 Å². The van der Waals surface area contributed by atoms with E-state index in [4.69, 9.17) is 14.7 Å². The fourth-order valence-corrected chi connectivity index (χ4v) is 7.90. The second kappa shape index (κ2) is 16.6. The molecular formula is C50H39N9O2. The molecule has 0 saturated heterocycles. The molecule has 0 radical (unpaired) electrons. The highest BCUT2D eigenvalue weighted by Gasteiger charge is 2.19. The largest absolute Gasteiger partial charge is 0.494 e. The molecule has 0 aliphatic carbocycles. The van der Waals surface area contributed by atoms with E-state index >= 15 is 0 Å². The lowest BCUT2D eigenvalue weighted by Gasteiger charge is -2.09. The van der Waals surface area contributed by atoms with Gasteiger partial charge < -0.3 is 25.0 Å². The van der Waals surface area contributed by atoms with Crippen molar-refractivity contribution in [3.63, 3.8) is 0 Å². The van der Waals surface area contributed by atoms with Gasteiger partial charge in [0, 0.05) is 100 Å². The lowest BCUT2D eigenvalue weighted by atomic mass is 10.0. The van der Waals surface area contributed by atoms with E-state index in [9.17, 15) is 4.79 Å². The van der Waals surface area contributed by atoms with E-state index < -0.39 is 0 Å². The lowest BCUT2D eigenvalue weighted by molar-refractivity contribution is -0.120. The molecule has 4 N–H and O–H groups in total. The molecule has 11 heteroatoms. The molecule has 11 nitrogen and oxygen atoms in total. The highest BCUT2D eigenvalue weighted by atomic mass is 16.5. The number of carbonyl (C=O) groups is 1. The van der Waals surface area contributed by atoms with E-state index in [0.29, 0.717) is 26.0 Å². The monoisotopic (exact) mass is 797 g/mol. The van der Waals surface area contributed by atoms with Gasteiger partial charge in [-0.15, -0.1) is 0 Å². The number of fused-ring (bicyclic) bond motifs is 8. The van der Waals surface area contributed by atoms with Crippen molar-refractivity contribution in [1.82, 2.24) is 45.2 Å². The number of rotatable bonds is 11. The average Bonchev–Trinajstić information content (AvgIpc) is 4.17. The summed E-state index contributed by atoms with van der Waals surface area (Å²) in [5.41, 5.74) is 15.5. The van der Waals surface area contributed by atoms with Gasteiger partial charge >= 0.3 is 0 Å². The summed E-state index contributed by atoms with van der Waals surface area (Å²) >= 11 is 0. The van der Waals surface area contributed by atoms with Crippen molar-refractivity contribution >= 4 is 52.3 Å².